The lowest BCUT2D eigenvalue weighted by Crippen LogP contribution is -2.22. The zero-order valence-corrected chi connectivity index (χ0v) is 12.6. The van der Waals surface area contributed by atoms with E-state index in [1.54, 1.807) is 23.5 Å². The smallest absolute Gasteiger partial charge is 0.245 e. The van der Waals surface area contributed by atoms with Crippen molar-refractivity contribution in [1.82, 2.24) is 19.8 Å². The Labute approximate surface area is 127 Å². The third-order valence-corrected chi connectivity index (χ3v) is 3.49. The van der Waals surface area contributed by atoms with Crippen molar-refractivity contribution in [2.24, 2.45) is 0 Å². The van der Waals surface area contributed by atoms with Crippen LogP contribution in [0.2, 0.25) is 0 Å². The van der Waals surface area contributed by atoms with Crippen LogP contribution < -0.4 is 10.2 Å². The first-order chi connectivity index (χ1) is 10.6. The maximum absolute atomic E-state index is 11.5. The van der Waals surface area contributed by atoms with E-state index in [1.165, 1.54) is 6.92 Å². The van der Waals surface area contributed by atoms with E-state index >= 15 is 0 Å². The number of carbonyl (C=O) groups excluding carboxylic acids is 1. The number of nitrogens with zero attached hydrogens (tertiary/aromatic N) is 5. The van der Waals surface area contributed by atoms with Gasteiger partial charge >= 0.3 is 0 Å². The summed E-state index contributed by atoms with van der Waals surface area (Å²) in [5.74, 6) is 0.561. The summed E-state index contributed by atoms with van der Waals surface area (Å²) in [5, 5.41) is 15.5. The molecule has 0 aliphatic rings. The number of carbonyl (C=O) groups is 1. The molecule has 3 rings (SSSR count). The fourth-order valence-electron chi connectivity index (χ4n) is 2.15. The van der Waals surface area contributed by atoms with Crippen molar-refractivity contribution in [1.29, 1.82) is 0 Å². The molecule has 0 fully saturated rings. The van der Waals surface area contributed by atoms with Crippen LogP contribution in [0, 0.1) is 0 Å². The number of fused-ring (bicyclic) bond motifs is 1. The SMILES string of the molecule is CNc1nnc2ccc(-c3cccc(N(C)C(C)=O)c3)nn12. The second kappa shape index (κ2) is 5.44. The minimum Gasteiger partial charge on any atom is -0.356 e. The summed E-state index contributed by atoms with van der Waals surface area (Å²) < 4.78 is 1.65. The zero-order chi connectivity index (χ0) is 15.7. The van der Waals surface area contributed by atoms with E-state index < -0.39 is 0 Å². The van der Waals surface area contributed by atoms with Crippen LogP contribution in [0.1, 0.15) is 6.92 Å². The second-order valence-electron chi connectivity index (χ2n) is 4.89. The molecule has 0 atom stereocenters. The molecule has 1 N–H and O–H groups in total. The summed E-state index contributed by atoms with van der Waals surface area (Å²) in [4.78, 5) is 13.1. The van der Waals surface area contributed by atoms with Crippen LogP contribution in [0.3, 0.4) is 0 Å². The van der Waals surface area contributed by atoms with Gasteiger partial charge in [0.15, 0.2) is 5.65 Å². The van der Waals surface area contributed by atoms with Gasteiger partial charge in [-0.05, 0) is 24.3 Å². The number of hydrogen-bond donors (Lipinski definition) is 1. The largest absolute Gasteiger partial charge is 0.356 e. The van der Waals surface area contributed by atoms with Crippen molar-refractivity contribution < 1.29 is 4.79 Å². The molecule has 22 heavy (non-hydrogen) atoms. The maximum Gasteiger partial charge on any atom is 0.245 e. The highest BCUT2D eigenvalue weighted by atomic mass is 16.2. The molecular formula is C15H16N6O. The average molecular weight is 296 g/mol. The van der Waals surface area contributed by atoms with Gasteiger partial charge in [-0.2, -0.15) is 9.61 Å². The van der Waals surface area contributed by atoms with Crippen molar-refractivity contribution in [2.45, 2.75) is 6.92 Å². The Morgan fingerprint density at radius 3 is 2.77 bits per heavy atom. The predicted octanol–water partition coefficient (Wildman–Crippen LogP) is 1.82. The Hall–Kier alpha value is -2.96. The van der Waals surface area contributed by atoms with Crippen LogP contribution in [-0.2, 0) is 4.79 Å². The van der Waals surface area contributed by atoms with Crippen molar-refractivity contribution >= 4 is 23.2 Å². The third kappa shape index (κ3) is 2.37. The summed E-state index contributed by atoms with van der Waals surface area (Å²) in [6.45, 7) is 1.54. The van der Waals surface area contributed by atoms with E-state index in [2.05, 4.69) is 20.6 Å². The summed E-state index contributed by atoms with van der Waals surface area (Å²) in [6, 6.07) is 11.4. The molecule has 1 amide bonds. The van der Waals surface area contributed by atoms with E-state index in [9.17, 15) is 4.79 Å². The van der Waals surface area contributed by atoms with E-state index in [4.69, 9.17) is 0 Å². The molecule has 1 aromatic carbocycles. The Kier molecular flexibility index (Phi) is 3.46. The van der Waals surface area contributed by atoms with Gasteiger partial charge in [-0.3, -0.25) is 4.79 Å². The van der Waals surface area contributed by atoms with Crippen LogP contribution in [0.5, 0.6) is 0 Å². The lowest BCUT2D eigenvalue weighted by molar-refractivity contribution is -0.116. The standard InChI is InChI=1S/C15H16N6O/c1-10(22)20(3)12-6-4-5-11(9-12)13-7-8-14-17-18-15(16-2)21(14)19-13/h4-9H,1-3H3,(H,16,18). The first-order valence-electron chi connectivity index (χ1n) is 6.85. The third-order valence-electron chi connectivity index (χ3n) is 3.49. The van der Waals surface area contributed by atoms with Gasteiger partial charge in [0.25, 0.3) is 0 Å². The molecule has 2 heterocycles. The molecule has 0 spiro atoms. The highest BCUT2D eigenvalue weighted by molar-refractivity contribution is 5.91. The Morgan fingerprint density at radius 1 is 1.23 bits per heavy atom. The number of nitrogens with one attached hydrogen (secondary N) is 1. The molecule has 0 saturated carbocycles. The van der Waals surface area contributed by atoms with Crippen LogP contribution in [0.15, 0.2) is 36.4 Å². The molecule has 0 bridgehead atoms. The molecule has 0 saturated heterocycles. The number of rotatable bonds is 3. The van der Waals surface area contributed by atoms with Gasteiger partial charge in [0.05, 0.1) is 5.69 Å². The molecular weight excluding hydrogens is 280 g/mol. The molecule has 3 aromatic rings. The van der Waals surface area contributed by atoms with Gasteiger partial charge in [-0.1, -0.05) is 12.1 Å². The molecule has 2 aromatic heterocycles. The van der Waals surface area contributed by atoms with Crippen molar-refractivity contribution in [3.63, 3.8) is 0 Å². The lowest BCUT2D eigenvalue weighted by atomic mass is 10.1. The molecule has 112 valence electrons. The first kappa shape index (κ1) is 14.0. The van der Waals surface area contributed by atoms with Crippen LogP contribution in [0.4, 0.5) is 11.6 Å². The fraction of sp³-hybridized carbons (Fsp3) is 0.200. The summed E-state index contributed by atoms with van der Waals surface area (Å²) in [7, 11) is 3.52. The van der Waals surface area contributed by atoms with Crippen LogP contribution in [-0.4, -0.2) is 39.8 Å². The quantitative estimate of drug-likeness (QED) is 0.798. The minimum absolute atomic E-state index is 0.0168. The number of hydrogen-bond acceptors (Lipinski definition) is 5. The number of benzene rings is 1. The second-order valence-corrected chi connectivity index (χ2v) is 4.89. The van der Waals surface area contributed by atoms with Gasteiger partial charge in [0.1, 0.15) is 0 Å². The molecule has 0 unspecified atom stereocenters. The van der Waals surface area contributed by atoms with E-state index in [1.807, 2.05) is 36.4 Å². The van der Waals surface area contributed by atoms with Gasteiger partial charge in [0.2, 0.25) is 11.9 Å². The average Bonchev–Trinajstić information content (AvgIpc) is 2.96. The molecule has 0 aliphatic heterocycles. The summed E-state index contributed by atoms with van der Waals surface area (Å²) >= 11 is 0. The van der Waals surface area contributed by atoms with E-state index in [0.717, 1.165) is 16.9 Å². The van der Waals surface area contributed by atoms with Crippen molar-refractivity contribution in [2.75, 3.05) is 24.3 Å². The van der Waals surface area contributed by atoms with Crippen LogP contribution in [0.25, 0.3) is 16.9 Å². The Morgan fingerprint density at radius 2 is 2.05 bits per heavy atom. The Bertz CT molecular complexity index is 841. The van der Waals surface area contributed by atoms with E-state index in [0.29, 0.717) is 11.6 Å². The molecule has 7 heteroatoms. The normalized spacial score (nSPS) is 10.7. The number of aromatic nitrogens is 4. The van der Waals surface area contributed by atoms with Gasteiger partial charge < -0.3 is 10.2 Å². The van der Waals surface area contributed by atoms with E-state index in [-0.39, 0.29) is 5.91 Å². The van der Waals surface area contributed by atoms with Gasteiger partial charge in [-0.25, -0.2) is 0 Å². The van der Waals surface area contributed by atoms with Gasteiger partial charge in [0, 0.05) is 32.3 Å². The fourth-order valence-corrected chi connectivity index (χ4v) is 2.15. The summed E-state index contributed by atoms with van der Waals surface area (Å²) in [6.07, 6.45) is 0. The maximum atomic E-state index is 11.5. The highest BCUT2D eigenvalue weighted by Gasteiger charge is 2.10. The molecule has 0 radical (unpaired) electrons. The monoisotopic (exact) mass is 296 g/mol. The van der Waals surface area contributed by atoms with Gasteiger partial charge in [-0.15, -0.1) is 10.2 Å². The first-order valence-corrected chi connectivity index (χ1v) is 6.85. The van der Waals surface area contributed by atoms with Crippen molar-refractivity contribution in [3.05, 3.63) is 36.4 Å². The minimum atomic E-state index is -0.0168. The Balaban J connectivity index is 2.07. The molecule has 0 aliphatic carbocycles. The zero-order valence-electron chi connectivity index (χ0n) is 12.6. The number of anilines is 2. The molecule has 7 nitrogen and oxygen atoms in total. The lowest BCUT2D eigenvalue weighted by Gasteiger charge is -2.15. The highest BCUT2D eigenvalue weighted by Crippen LogP contribution is 2.23. The van der Waals surface area contributed by atoms with Crippen LogP contribution >= 0.6 is 0 Å². The predicted molar refractivity (Wildman–Crippen MR) is 84.8 cm³/mol. The topological polar surface area (TPSA) is 75.4 Å². The number of amides is 1. The summed E-state index contributed by atoms with van der Waals surface area (Å²) in [5.41, 5.74) is 3.19. The van der Waals surface area contributed by atoms with Crippen molar-refractivity contribution in [3.8, 4) is 11.3 Å².